The number of esters is 1. The van der Waals surface area contributed by atoms with Gasteiger partial charge in [0, 0.05) is 12.8 Å². The summed E-state index contributed by atoms with van der Waals surface area (Å²) in [7, 11) is 0. The predicted molar refractivity (Wildman–Crippen MR) is 64.6 cm³/mol. The first-order valence-corrected chi connectivity index (χ1v) is 6.63. The fraction of sp³-hybridized carbons (Fsp3) is 0.846. The van der Waals surface area contributed by atoms with Crippen molar-refractivity contribution in [2.75, 3.05) is 6.61 Å². The van der Waals surface area contributed by atoms with E-state index in [-0.39, 0.29) is 12.4 Å². The molecular weight excluding hydrogens is 261 g/mol. The van der Waals surface area contributed by atoms with E-state index in [0.29, 0.717) is 19.3 Å². The smallest absolute Gasteiger partial charge is 0.459 e. The van der Waals surface area contributed by atoms with Gasteiger partial charge in [0.1, 0.15) is 5.78 Å². The Bertz CT molecular complexity index is 275. The number of carbonyl (C=O) groups excluding carboxylic acids is 2. The van der Waals surface area contributed by atoms with Crippen LogP contribution < -0.4 is 0 Å². The number of carbonyl (C=O) groups is 2. The molecule has 0 aromatic rings. The number of ether oxygens (including phenoxy) is 1. The lowest BCUT2D eigenvalue weighted by atomic mass is 10.1. The molecule has 0 spiro atoms. The van der Waals surface area contributed by atoms with Gasteiger partial charge in [-0.05, 0) is 12.8 Å². The highest BCUT2D eigenvalue weighted by atomic mass is 19.4. The molecule has 0 fully saturated rings. The van der Waals surface area contributed by atoms with Gasteiger partial charge in [-0.1, -0.05) is 32.6 Å². The third-order valence-corrected chi connectivity index (χ3v) is 2.71. The van der Waals surface area contributed by atoms with E-state index in [4.69, 9.17) is 0 Å². The normalized spacial score (nSPS) is 11.4. The van der Waals surface area contributed by atoms with Crippen molar-refractivity contribution in [3.63, 3.8) is 0 Å². The number of Topliss-reactive ketones (excluding diaryl/α,β-unsaturated/α-hetero) is 1. The first-order chi connectivity index (χ1) is 8.88. The molecule has 3 nitrogen and oxygen atoms in total. The molecule has 0 rings (SSSR count). The molecule has 0 N–H and O–H groups in total. The second-order valence-electron chi connectivity index (χ2n) is 4.40. The SMILES string of the molecule is CCC(=O)CCCCCCCCOC(=O)C(F)(F)F. The fourth-order valence-electron chi connectivity index (χ4n) is 1.55. The Labute approximate surface area is 111 Å². The zero-order valence-electron chi connectivity index (χ0n) is 11.2. The zero-order chi connectivity index (χ0) is 14.7. The summed E-state index contributed by atoms with van der Waals surface area (Å²) in [5.41, 5.74) is 0. The van der Waals surface area contributed by atoms with E-state index in [9.17, 15) is 22.8 Å². The van der Waals surface area contributed by atoms with Gasteiger partial charge in [-0.15, -0.1) is 0 Å². The second kappa shape index (κ2) is 9.81. The highest BCUT2D eigenvalue weighted by Crippen LogP contribution is 2.16. The van der Waals surface area contributed by atoms with Crippen molar-refractivity contribution in [2.24, 2.45) is 0 Å². The Hall–Kier alpha value is -1.07. The molecule has 0 saturated carbocycles. The van der Waals surface area contributed by atoms with Gasteiger partial charge in [-0.2, -0.15) is 13.2 Å². The van der Waals surface area contributed by atoms with Gasteiger partial charge in [0.25, 0.3) is 0 Å². The maximum absolute atomic E-state index is 11.8. The fourth-order valence-corrected chi connectivity index (χ4v) is 1.55. The molecule has 0 aromatic carbocycles. The van der Waals surface area contributed by atoms with Crippen molar-refractivity contribution in [1.29, 1.82) is 0 Å². The Morgan fingerprint density at radius 2 is 1.47 bits per heavy atom. The van der Waals surface area contributed by atoms with Crippen LogP contribution in [0.4, 0.5) is 13.2 Å². The number of rotatable bonds is 10. The van der Waals surface area contributed by atoms with Crippen LogP contribution in [0.15, 0.2) is 0 Å². The number of unbranched alkanes of at least 4 members (excludes halogenated alkanes) is 5. The van der Waals surface area contributed by atoms with Crippen LogP contribution in [0.1, 0.15) is 58.3 Å². The highest BCUT2D eigenvalue weighted by Gasteiger charge is 2.40. The van der Waals surface area contributed by atoms with E-state index in [1.165, 1.54) is 0 Å². The van der Waals surface area contributed by atoms with Crippen LogP contribution in [0.25, 0.3) is 0 Å². The second-order valence-corrected chi connectivity index (χ2v) is 4.40. The molecule has 0 bridgehead atoms. The minimum Gasteiger partial charge on any atom is -0.459 e. The summed E-state index contributed by atoms with van der Waals surface area (Å²) < 4.78 is 39.3. The maximum Gasteiger partial charge on any atom is 0.490 e. The number of alkyl halides is 3. The quantitative estimate of drug-likeness (QED) is 0.452. The highest BCUT2D eigenvalue weighted by molar-refractivity contribution is 5.77. The maximum atomic E-state index is 11.8. The summed E-state index contributed by atoms with van der Waals surface area (Å²) in [6.45, 7) is 1.65. The van der Waals surface area contributed by atoms with Gasteiger partial charge < -0.3 is 4.74 Å². The summed E-state index contributed by atoms with van der Waals surface area (Å²) in [6.07, 6.45) is 1.11. The molecule has 0 atom stereocenters. The summed E-state index contributed by atoms with van der Waals surface area (Å²) in [4.78, 5) is 21.3. The lowest BCUT2D eigenvalue weighted by Crippen LogP contribution is -2.25. The van der Waals surface area contributed by atoms with E-state index < -0.39 is 12.1 Å². The first-order valence-electron chi connectivity index (χ1n) is 6.63. The lowest BCUT2D eigenvalue weighted by molar-refractivity contribution is -0.199. The van der Waals surface area contributed by atoms with E-state index in [1.54, 1.807) is 0 Å². The molecule has 0 aliphatic heterocycles. The molecule has 0 aliphatic carbocycles. The van der Waals surface area contributed by atoms with Crippen molar-refractivity contribution in [3.05, 3.63) is 0 Å². The van der Waals surface area contributed by atoms with Crippen molar-refractivity contribution < 1.29 is 27.5 Å². The molecule has 0 amide bonds. The summed E-state index contributed by atoms with van der Waals surface area (Å²) in [5, 5.41) is 0. The summed E-state index contributed by atoms with van der Waals surface area (Å²) in [5.74, 6) is -1.86. The average molecular weight is 282 g/mol. The Balaban J connectivity index is 3.28. The van der Waals surface area contributed by atoms with Gasteiger partial charge in [0.05, 0.1) is 6.61 Å². The number of ketones is 1. The minimum absolute atomic E-state index is 0.188. The van der Waals surface area contributed by atoms with Crippen LogP contribution in [-0.2, 0) is 14.3 Å². The molecule has 112 valence electrons. The van der Waals surface area contributed by atoms with Crippen molar-refractivity contribution >= 4 is 11.8 Å². The topological polar surface area (TPSA) is 43.4 Å². The number of halogens is 3. The molecule has 6 heteroatoms. The average Bonchev–Trinajstić information content (AvgIpc) is 2.34. The van der Waals surface area contributed by atoms with E-state index in [0.717, 1.165) is 32.1 Å². The van der Waals surface area contributed by atoms with Gasteiger partial charge in [0.15, 0.2) is 0 Å². The largest absolute Gasteiger partial charge is 0.490 e. The van der Waals surface area contributed by atoms with Gasteiger partial charge >= 0.3 is 12.1 Å². The van der Waals surface area contributed by atoms with Gasteiger partial charge in [0.2, 0.25) is 0 Å². The summed E-state index contributed by atoms with van der Waals surface area (Å²) in [6, 6.07) is 0. The van der Waals surface area contributed by atoms with Crippen molar-refractivity contribution in [3.8, 4) is 0 Å². The minimum atomic E-state index is -4.90. The monoisotopic (exact) mass is 282 g/mol. The van der Waals surface area contributed by atoms with E-state index in [2.05, 4.69) is 4.74 Å². The predicted octanol–water partition coefficient (Wildman–Crippen LogP) is 3.80. The Morgan fingerprint density at radius 1 is 0.947 bits per heavy atom. The van der Waals surface area contributed by atoms with E-state index in [1.807, 2.05) is 6.92 Å². The molecule has 0 aromatic heterocycles. The Kier molecular flexibility index (Phi) is 9.26. The van der Waals surface area contributed by atoms with Crippen LogP contribution in [-0.4, -0.2) is 24.5 Å². The zero-order valence-corrected chi connectivity index (χ0v) is 11.2. The van der Waals surface area contributed by atoms with Gasteiger partial charge in [-0.3, -0.25) is 4.79 Å². The Morgan fingerprint density at radius 3 is 2.00 bits per heavy atom. The summed E-state index contributed by atoms with van der Waals surface area (Å²) >= 11 is 0. The molecular formula is C13H21F3O3. The molecule has 0 aliphatic rings. The third-order valence-electron chi connectivity index (χ3n) is 2.71. The first kappa shape index (κ1) is 17.9. The van der Waals surface area contributed by atoms with Crippen LogP contribution in [0, 0.1) is 0 Å². The van der Waals surface area contributed by atoms with Crippen LogP contribution >= 0.6 is 0 Å². The molecule has 0 radical (unpaired) electrons. The molecule has 0 heterocycles. The van der Waals surface area contributed by atoms with Gasteiger partial charge in [-0.25, -0.2) is 4.79 Å². The van der Waals surface area contributed by atoms with Crippen LogP contribution in [0.3, 0.4) is 0 Å². The van der Waals surface area contributed by atoms with Crippen molar-refractivity contribution in [1.82, 2.24) is 0 Å². The standard InChI is InChI=1S/C13H21F3O3/c1-2-11(17)9-7-5-3-4-6-8-10-19-12(18)13(14,15)16/h2-10H2,1H3. The number of hydrogen-bond acceptors (Lipinski definition) is 3. The van der Waals surface area contributed by atoms with E-state index >= 15 is 0 Å². The van der Waals surface area contributed by atoms with Crippen LogP contribution in [0.5, 0.6) is 0 Å². The number of hydrogen-bond donors (Lipinski definition) is 0. The third kappa shape index (κ3) is 10.5. The van der Waals surface area contributed by atoms with Crippen molar-refractivity contribution in [2.45, 2.75) is 64.5 Å². The lowest BCUT2D eigenvalue weighted by Gasteiger charge is -2.06. The molecule has 0 unspecified atom stereocenters. The molecule has 0 saturated heterocycles. The van der Waals surface area contributed by atoms with Crippen LogP contribution in [0.2, 0.25) is 0 Å². The molecule has 19 heavy (non-hydrogen) atoms.